The Kier molecular flexibility index (Phi) is 7.64. The number of anilines is 1. The number of aliphatic carboxylic acids is 1. The number of para-hydroxylation sites is 1. The predicted molar refractivity (Wildman–Crippen MR) is 313 cm³/mol. The standard InChI is InChI=1S/C52H32O2.C17H14N2O3S3/c1-54-31(53)8-5-19-50(20-6-3-2-4-7-20)51-29-17-18-30-28-16-14-26-24-12-10-22-21-9-11-23-25-13-15-27(29)38-36(25)41-34(23)32(21)40-33(22)35(24)42-37(26)39(28)49(52(30,50)51)47-45(42)43(40)44(41)46(47)48(38)51;1-18-11-6-2-3-7-12(11)24-14(18)9-5-4-8-13-16(22)19(10-15(20)21)17(23)25-13/h2-4,6-7,9-18,21-24,32-35H,5,8,19H2,1H3;2-9H,10H2,1H3,(H,20,21)/b;5-4+,13-8+,14-9-. The number of carboxylic acid groups (broad SMARTS) is 1. The minimum atomic E-state index is -1.08. The zero-order valence-electron chi connectivity index (χ0n) is 42.9. The van der Waals surface area contributed by atoms with Gasteiger partial charge in [-0.25, -0.2) is 0 Å². The average Bonchev–Trinajstić information content (AvgIpc) is 1.71. The number of fused-ring (bicyclic) bond motifs is 4. The van der Waals surface area contributed by atoms with E-state index in [4.69, 9.17) is 22.1 Å². The van der Waals surface area contributed by atoms with Gasteiger partial charge in [-0.1, -0.05) is 157 Å². The number of thiocarbonyl (C=S) groups is 1. The minimum absolute atomic E-state index is 0.0941. The molecule has 7 nitrogen and oxygen atoms in total. The number of methoxy groups -OCH3 is 1. The number of carbonyl (C=O) groups is 3. The number of hydrogen-bond donors (Lipinski definition) is 1. The van der Waals surface area contributed by atoms with Crippen LogP contribution in [0.1, 0.15) is 93.0 Å². The number of amides is 1. The number of hydrogen-bond acceptors (Lipinski definition) is 8. The lowest BCUT2D eigenvalue weighted by molar-refractivity contribution is -0.141. The zero-order chi connectivity index (χ0) is 52.2. The Balaban J connectivity index is 0.000000156. The van der Waals surface area contributed by atoms with Crippen molar-refractivity contribution < 1.29 is 24.2 Å². The van der Waals surface area contributed by atoms with Crippen LogP contribution in [-0.2, 0) is 35.4 Å². The number of thioether (sulfide) groups is 2. The Labute approximate surface area is 467 Å². The summed E-state index contributed by atoms with van der Waals surface area (Å²) in [6.45, 7) is -0.407. The van der Waals surface area contributed by atoms with E-state index in [-0.39, 0.29) is 32.4 Å². The van der Waals surface area contributed by atoms with Gasteiger partial charge in [-0.2, -0.15) is 0 Å². The van der Waals surface area contributed by atoms with Crippen LogP contribution in [0, 0.1) is 34.1 Å². The summed E-state index contributed by atoms with van der Waals surface area (Å²) >= 11 is 7.85. The van der Waals surface area contributed by atoms with Crippen molar-refractivity contribution >= 4 is 102 Å². The van der Waals surface area contributed by atoms with E-state index in [9.17, 15) is 14.4 Å². The SMILES string of the molecule is CN1/C(=C/C=C/C=C2/SC(=S)N(CC(=O)O)C2=O)Sc2ccccc21.COC(=O)CCCC1(c2ccccc2)C23C4=c5ccc6c7c8c9c(c2c57)=c2c5c7c%10c(ccc%11c%10c2C13C=%11C=C4)C1C=CC2C3C=CC6C8C3C(=C95)C2C71. The lowest BCUT2D eigenvalue weighted by Crippen LogP contribution is -2.33. The molecule has 1 saturated heterocycles. The first-order chi connectivity index (χ1) is 38.7. The van der Waals surface area contributed by atoms with Crippen molar-refractivity contribution in [3.8, 4) is 0 Å². The highest BCUT2D eigenvalue weighted by atomic mass is 32.2. The summed E-state index contributed by atoms with van der Waals surface area (Å²) in [5, 5.41) is 22.7. The van der Waals surface area contributed by atoms with Gasteiger partial charge in [0.1, 0.15) is 10.9 Å². The van der Waals surface area contributed by atoms with Crippen molar-refractivity contribution in [2.24, 2.45) is 23.7 Å². The van der Waals surface area contributed by atoms with Gasteiger partial charge in [-0.3, -0.25) is 19.3 Å². The van der Waals surface area contributed by atoms with Crippen molar-refractivity contribution in [2.45, 2.75) is 64.1 Å². The van der Waals surface area contributed by atoms with Gasteiger partial charge in [-0.05, 0) is 170 Å². The van der Waals surface area contributed by atoms with E-state index in [0.29, 0.717) is 58.7 Å². The number of ether oxygens (including phenoxy) is 1. The Morgan fingerprint density at radius 1 is 0.734 bits per heavy atom. The highest BCUT2D eigenvalue weighted by Crippen LogP contribution is 2.92. The van der Waals surface area contributed by atoms with Crippen LogP contribution in [0.25, 0.3) is 38.3 Å². The van der Waals surface area contributed by atoms with E-state index in [0.717, 1.165) is 34.5 Å². The number of nitrogens with zero attached hydrogens (tertiary/aromatic N) is 2. The Bertz CT molecular complexity index is 4560. The van der Waals surface area contributed by atoms with Gasteiger partial charge >= 0.3 is 11.9 Å². The van der Waals surface area contributed by atoms with E-state index in [1.165, 1.54) is 26.6 Å². The van der Waals surface area contributed by atoms with Crippen LogP contribution in [0.15, 0.2) is 160 Å². The topological polar surface area (TPSA) is 87.2 Å². The van der Waals surface area contributed by atoms with Gasteiger partial charge in [0, 0.05) is 58.3 Å². The van der Waals surface area contributed by atoms with Crippen LogP contribution in [-0.4, -0.2) is 52.9 Å². The number of carboxylic acids is 1. The third-order valence-corrected chi connectivity index (χ3v) is 25.0. The van der Waals surface area contributed by atoms with Crippen molar-refractivity contribution in [3.63, 3.8) is 0 Å². The summed E-state index contributed by atoms with van der Waals surface area (Å²) in [6, 6.07) is 30.1. The second-order valence-corrected chi connectivity index (χ2v) is 27.2. The van der Waals surface area contributed by atoms with Crippen LogP contribution in [0.3, 0.4) is 0 Å². The molecule has 2 spiro atoms. The lowest BCUT2D eigenvalue weighted by atomic mass is 9.60. The number of rotatable bonds is 9. The normalized spacial score (nSPS) is 33.3. The Hall–Kier alpha value is -7.24. The average molecular weight is 1080 g/mol. The van der Waals surface area contributed by atoms with Gasteiger partial charge < -0.3 is 14.7 Å². The van der Waals surface area contributed by atoms with Crippen LogP contribution < -0.4 is 15.3 Å². The van der Waals surface area contributed by atoms with Gasteiger partial charge in [0.15, 0.2) is 0 Å². The molecule has 1 N–H and O–H groups in total. The second-order valence-electron chi connectivity index (χ2n) is 24.5. The molecule has 6 aromatic carbocycles. The van der Waals surface area contributed by atoms with Crippen LogP contribution in [0.4, 0.5) is 5.69 Å². The smallest absolute Gasteiger partial charge is 0.323 e. The molecule has 1 amide bonds. The van der Waals surface area contributed by atoms with Crippen molar-refractivity contribution in [1.29, 1.82) is 0 Å². The third-order valence-electron chi connectivity index (χ3n) is 22.4. The van der Waals surface area contributed by atoms with E-state index in [1.807, 2.05) is 36.9 Å². The highest BCUT2D eigenvalue weighted by Gasteiger charge is 2.93. The van der Waals surface area contributed by atoms with Crippen molar-refractivity contribution in [2.75, 3.05) is 25.6 Å². The van der Waals surface area contributed by atoms with Gasteiger partial charge in [0.05, 0.1) is 22.7 Å². The summed E-state index contributed by atoms with van der Waals surface area (Å²) < 4.78 is 5.58. The minimum Gasteiger partial charge on any atom is -0.480 e. The van der Waals surface area contributed by atoms with E-state index in [1.54, 1.807) is 124 Å². The molecule has 3 fully saturated rings. The lowest BCUT2D eigenvalue weighted by Gasteiger charge is -2.43. The van der Waals surface area contributed by atoms with Gasteiger partial charge in [0.25, 0.3) is 5.91 Å². The molecule has 2 saturated carbocycles. The van der Waals surface area contributed by atoms with Crippen molar-refractivity contribution in [1.82, 2.24) is 4.90 Å². The fourth-order valence-corrected chi connectivity index (χ4v) is 23.0. The zero-order valence-corrected chi connectivity index (χ0v) is 45.4. The van der Waals surface area contributed by atoms with E-state index >= 15 is 0 Å². The molecule has 0 bridgehead atoms. The number of allylic oxidation sites excluding steroid dienone is 11. The highest BCUT2D eigenvalue weighted by molar-refractivity contribution is 8.26. The number of benzene rings is 6. The fraction of sp³-hybridized carbons (Fsp3) is 0.246. The summed E-state index contributed by atoms with van der Waals surface area (Å²) in [7, 11) is 3.56. The molecule has 6 aromatic rings. The molecule has 10 unspecified atom stereocenters. The molecule has 0 radical (unpaired) electrons. The largest absolute Gasteiger partial charge is 0.480 e. The number of carbonyl (C=O) groups excluding carboxylic acids is 2. The van der Waals surface area contributed by atoms with Crippen LogP contribution in [0.5, 0.6) is 0 Å². The molecule has 15 aliphatic rings. The molecule has 0 aromatic heterocycles. The molecule has 13 aliphatic carbocycles. The summed E-state index contributed by atoms with van der Waals surface area (Å²) in [5.41, 5.74) is 22.1. The molecule has 10 atom stereocenters. The van der Waals surface area contributed by atoms with E-state index < -0.39 is 12.5 Å². The van der Waals surface area contributed by atoms with Crippen LogP contribution >= 0.6 is 35.7 Å². The molecular weight excluding hydrogens is 1030 g/mol. The summed E-state index contributed by atoms with van der Waals surface area (Å²) in [4.78, 5) is 40.7. The quantitative estimate of drug-likeness (QED) is 0.0657. The molecule has 79 heavy (non-hydrogen) atoms. The van der Waals surface area contributed by atoms with E-state index in [2.05, 4.69) is 108 Å². The molecule has 10 heteroatoms. The first-order valence-corrected chi connectivity index (χ1v) is 30.1. The first kappa shape index (κ1) is 43.6. The van der Waals surface area contributed by atoms with Crippen molar-refractivity contribution in [3.05, 3.63) is 226 Å². The molecule has 21 rings (SSSR count). The van der Waals surface area contributed by atoms with Gasteiger partial charge in [0.2, 0.25) is 0 Å². The predicted octanol–water partition coefficient (Wildman–Crippen LogP) is 11.5. The molecule has 2 heterocycles. The number of esters is 1. The Morgan fingerprint density at radius 2 is 1.34 bits per heavy atom. The molecule has 2 aliphatic heterocycles. The maximum Gasteiger partial charge on any atom is 0.323 e. The fourth-order valence-electron chi connectivity index (χ4n) is 20.7. The Morgan fingerprint density at radius 3 is 1.95 bits per heavy atom. The van der Waals surface area contributed by atoms with Crippen LogP contribution in [0.2, 0.25) is 0 Å². The first-order valence-electron chi connectivity index (χ1n) is 28.1. The third kappa shape index (κ3) is 4.27. The molecular formula is C69H46N2O5S3. The summed E-state index contributed by atoms with van der Waals surface area (Å²) in [6.07, 6.45) is 25.5. The second kappa shape index (κ2) is 13.8. The maximum atomic E-state index is 12.9. The summed E-state index contributed by atoms with van der Waals surface area (Å²) in [5.74, 6) is 2.91. The molecule has 380 valence electrons. The maximum absolute atomic E-state index is 12.9. The monoisotopic (exact) mass is 1080 g/mol. The van der Waals surface area contributed by atoms with Gasteiger partial charge in [-0.15, -0.1) is 0 Å².